The lowest BCUT2D eigenvalue weighted by atomic mass is 10.0. The molecule has 0 aliphatic heterocycles. The zero-order valence-electron chi connectivity index (χ0n) is 30.2. The van der Waals surface area contributed by atoms with Gasteiger partial charge in [-0.3, -0.25) is 14.6 Å². The Labute approximate surface area is 317 Å². The fraction of sp³-hybridized carbons (Fsp3) is 0.273. The number of carbonyl (C=O) groups excluding carboxylic acids is 2. The number of thioether (sulfide) groups is 1. The molecule has 5 rings (SSSR count). The first kappa shape index (κ1) is 38.4. The van der Waals surface area contributed by atoms with Gasteiger partial charge in [-0.25, -0.2) is 4.98 Å². The van der Waals surface area contributed by atoms with E-state index < -0.39 is 0 Å². The van der Waals surface area contributed by atoms with Crippen LogP contribution in [-0.4, -0.2) is 64.5 Å². The van der Waals surface area contributed by atoms with Crippen LogP contribution in [0.25, 0.3) is 27.1 Å². The van der Waals surface area contributed by atoms with Gasteiger partial charge in [0.05, 0.1) is 24.3 Å². The minimum atomic E-state index is 0.129. The number of carbonyl (C=O) groups is 2. The molecule has 0 unspecified atom stereocenters. The van der Waals surface area contributed by atoms with E-state index in [-0.39, 0.29) is 11.8 Å². The van der Waals surface area contributed by atoms with E-state index in [0.717, 1.165) is 86.3 Å². The van der Waals surface area contributed by atoms with Crippen molar-refractivity contribution in [3.63, 3.8) is 0 Å². The second-order valence-electron chi connectivity index (χ2n) is 12.7. The summed E-state index contributed by atoms with van der Waals surface area (Å²) < 4.78 is 0. The molecule has 6 nitrogen and oxygen atoms in total. The van der Waals surface area contributed by atoms with Gasteiger partial charge in [0.2, 0.25) is 11.8 Å². The third-order valence-corrected chi connectivity index (χ3v) is 10.8. The maximum Gasteiger partial charge on any atom is 0.227 e. The Morgan fingerprint density at radius 2 is 1.27 bits per heavy atom. The summed E-state index contributed by atoms with van der Waals surface area (Å²) in [5.74, 6) is 1.95. The molecule has 0 atom stereocenters. The van der Waals surface area contributed by atoms with E-state index in [1.165, 1.54) is 0 Å². The zero-order valence-corrected chi connectivity index (χ0v) is 31.9. The highest BCUT2D eigenvalue weighted by Gasteiger charge is 2.17. The normalized spacial score (nSPS) is 11.3. The third-order valence-electron chi connectivity index (χ3n) is 8.74. The van der Waals surface area contributed by atoms with E-state index in [1.54, 1.807) is 11.3 Å². The molecule has 4 aromatic carbocycles. The predicted octanol–water partition coefficient (Wildman–Crippen LogP) is 9.71. The Hall–Kier alpha value is -4.79. The van der Waals surface area contributed by atoms with Gasteiger partial charge in [0.15, 0.2) is 0 Å². The molecule has 0 bridgehead atoms. The second-order valence-corrected chi connectivity index (χ2v) is 14.9. The van der Waals surface area contributed by atoms with Gasteiger partial charge in [-0.2, -0.15) is 11.8 Å². The van der Waals surface area contributed by atoms with Crippen LogP contribution in [0.15, 0.2) is 127 Å². The minimum Gasteiger partial charge on any atom is -0.342 e. The number of thiazole rings is 1. The summed E-state index contributed by atoms with van der Waals surface area (Å²) in [5, 5.41) is 0.940. The molecular formula is C44H48N4O2S2. The van der Waals surface area contributed by atoms with Crippen molar-refractivity contribution in [1.29, 1.82) is 0 Å². The molecule has 0 aliphatic rings. The quantitative estimate of drug-likeness (QED) is 0.0628. The van der Waals surface area contributed by atoms with Gasteiger partial charge in [0.1, 0.15) is 5.01 Å². The van der Waals surface area contributed by atoms with Crippen molar-refractivity contribution in [2.24, 2.45) is 4.99 Å². The van der Waals surface area contributed by atoms with Crippen molar-refractivity contribution in [3.05, 3.63) is 143 Å². The standard InChI is InChI=1S/C44H48N4O2S2/c1-4-24-47(43(49)28-34-12-8-6-9-13-34)26-27-51-33-40(30-45-3)38-18-16-36(17-19-38)37-20-22-39(23-21-37)41-31-46-42(52-41)32-48(25-5-2)44(50)29-35-14-10-7-11-15-35/h6-23,30-31H,3-5,24-29,32-33H2,1-2H3/b40-30+. The zero-order chi connectivity index (χ0) is 36.5. The van der Waals surface area contributed by atoms with Crippen LogP contribution in [-0.2, 0) is 29.0 Å². The minimum absolute atomic E-state index is 0.129. The summed E-state index contributed by atoms with van der Waals surface area (Å²) >= 11 is 3.45. The highest BCUT2D eigenvalue weighted by atomic mass is 32.2. The van der Waals surface area contributed by atoms with Crippen LogP contribution in [0, 0.1) is 0 Å². The van der Waals surface area contributed by atoms with Crippen molar-refractivity contribution in [2.75, 3.05) is 31.1 Å². The fourth-order valence-corrected chi connectivity index (χ4v) is 7.90. The molecular weight excluding hydrogens is 681 g/mol. The monoisotopic (exact) mass is 728 g/mol. The molecule has 268 valence electrons. The topological polar surface area (TPSA) is 65.9 Å². The average Bonchev–Trinajstić information content (AvgIpc) is 3.65. The number of benzene rings is 4. The lowest BCUT2D eigenvalue weighted by Gasteiger charge is -2.22. The number of hydrogen-bond acceptors (Lipinski definition) is 6. The average molecular weight is 729 g/mol. The van der Waals surface area contributed by atoms with Crippen molar-refractivity contribution in [3.8, 4) is 21.6 Å². The molecule has 0 saturated heterocycles. The summed E-state index contributed by atoms with van der Waals surface area (Å²) in [6.45, 7) is 10.6. The number of amides is 2. The number of hydrogen-bond donors (Lipinski definition) is 0. The first-order chi connectivity index (χ1) is 25.5. The van der Waals surface area contributed by atoms with Crippen LogP contribution < -0.4 is 0 Å². The Morgan fingerprint density at radius 3 is 1.85 bits per heavy atom. The number of aliphatic imine (C=N–C) groups is 1. The van der Waals surface area contributed by atoms with Crippen molar-refractivity contribution in [1.82, 2.24) is 14.8 Å². The van der Waals surface area contributed by atoms with Crippen LogP contribution in [0.4, 0.5) is 0 Å². The summed E-state index contributed by atoms with van der Waals surface area (Å²) in [6.07, 6.45) is 6.44. The first-order valence-electron chi connectivity index (χ1n) is 18.0. The molecule has 8 heteroatoms. The summed E-state index contributed by atoms with van der Waals surface area (Å²) in [5.41, 5.74) is 7.69. The summed E-state index contributed by atoms with van der Waals surface area (Å²) in [7, 11) is 0. The number of rotatable bonds is 19. The summed E-state index contributed by atoms with van der Waals surface area (Å²) in [6, 6.07) is 37.0. The molecule has 52 heavy (non-hydrogen) atoms. The van der Waals surface area contributed by atoms with Crippen LogP contribution in [0.5, 0.6) is 0 Å². The van der Waals surface area contributed by atoms with Crippen LogP contribution >= 0.6 is 23.1 Å². The molecule has 5 aromatic rings. The van der Waals surface area contributed by atoms with Crippen LogP contribution in [0.2, 0.25) is 0 Å². The largest absolute Gasteiger partial charge is 0.342 e. The van der Waals surface area contributed by atoms with Crippen molar-refractivity contribution in [2.45, 2.75) is 46.1 Å². The molecule has 0 spiro atoms. The van der Waals surface area contributed by atoms with Gasteiger partial charge >= 0.3 is 0 Å². The maximum atomic E-state index is 13.1. The van der Waals surface area contributed by atoms with Gasteiger partial charge < -0.3 is 9.80 Å². The summed E-state index contributed by atoms with van der Waals surface area (Å²) in [4.78, 5) is 39.8. The van der Waals surface area contributed by atoms with Gasteiger partial charge in [0, 0.05) is 43.5 Å². The van der Waals surface area contributed by atoms with E-state index in [2.05, 4.69) is 79.1 Å². The van der Waals surface area contributed by atoms with Gasteiger partial charge in [-0.05, 0) is 58.5 Å². The van der Waals surface area contributed by atoms with Gasteiger partial charge in [-0.1, -0.05) is 123 Å². The molecule has 2 amide bonds. The Balaban J connectivity index is 1.15. The smallest absolute Gasteiger partial charge is 0.227 e. The molecule has 0 N–H and O–H groups in total. The fourth-order valence-electron chi connectivity index (χ4n) is 6.00. The van der Waals surface area contributed by atoms with Crippen molar-refractivity contribution < 1.29 is 9.59 Å². The Bertz CT molecular complexity index is 1890. The molecule has 1 heterocycles. The number of aromatic nitrogens is 1. The van der Waals surface area contributed by atoms with E-state index in [1.807, 2.05) is 94.6 Å². The Morgan fingerprint density at radius 1 is 0.731 bits per heavy atom. The highest BCUT2D eigenvalue weighted by molar-refractivity contribution is 7.99. The van der Waals surface area contributed by atoms with E-state index >= 15 is 0 Å². The van der Waals surface area contributed by atoms with Crippen LogP contribution in [0.3, 0.4) is 0 Å². The van der Waals surface area contributed by atoms with E-state index in [9.17, 15) is 9.59 Å². The molecule has 0 radical (unpaired) electrons. The third kappa shape index (κ3) is 11.4. The van der Waals surface area contributed by atoms with E-state index in [4.69, 9.17) is 0 Å². The predicted molar refractivity (Wildman–Crippen MR) is 221 cm³/mol. The van der Waals surface area contributed by atoms with Crippen molar-refractivity contribution >= 4 is 47.2 Å². The molecule has 0 fully saturated rings. The first-order valence-corrected chi connectivity index (χ1v) is 20.0. The lowest BCUT2D eigenvalue weighted by molar-refractivity contribution is -0.131. The SMILES string of the molecule is C=N/C=C(\CSCCN(CCC)C(=O)Cc1ccccc1)c1ccc(-c2ccc(-c3cnc(CN(CCC)C(=O)Cc4ccccc4)s3)cc2)cc1. The molecule has 0 aliphatic carbocycles. The van der Waals surface area contributed by atoms with Gasteiger partial charge in [-0.15, -0.1) is 11.3 Å². The number of nitrogens with zero attached hydrogens (tertiary/aromatic N) is 4. The lowest BCUT2D eigenvalue weighted by Crippen LogP contribution is -2.35. The van der Waals surface area contributed by atoms with Gasteiger partial charge in [0.25, 0.3) is 0 Å². The Kier molecular flexibility index (Phi) is 15.0. The second kappa shape index (κ2) is 20.3. The molecule has 1 aromatic heterocycles. The van der Waals surface area contributed by atoms with E-state index in [0.29, 0.717) is 25.9 Å². The molecule has 0 saturated carbocycles. The maximum absolute atomic E-state index is 13.1. The highest BCUT2D eigenvalue weighted by Crippen LogP contribution is 2.30. The van der Waals surface area contributed by atoms with Crippen LogP contribution in [0.1, 0.15) is 48.4 Å².